The molecule has 3 heteroatoms. The molecule has 1 aliphatic rings. The first-order valence-electron chi connectivity index (χ1n) is 8.50. The van der Waals surface area contributed by atoms with Crippen LogP contribution >= 0.6 is 0 Å². The molecule has 3 atom stereocenters. The van der Waals surface area contributed by atoms with E-state index in [-0.39, 0.29) is 12.1 Å². The zero-order valence-corrected chi connectivity index (χ0v) is 14.3. The van der Waals surface area contributed by atoms with Crippen molar-refractivity contribution in [1.82, 2.24) is 10.2 Å². The zero-order chi connectivity index (χ0) is 15.2. The summed E-state index contributed by atoms with van der Waals surface area (Å²) < 4.78 is 0. The van der Waals surface area contributed by atoms with Crippen LogP contribution in [0.2, 0.25) is 0 Å². The van der Waals surface area contributed by atoms with Crippen molar-refractivity contribution < 1.29 is 5.11 Å². The molecule has 0 aromatic rings. The first kappa shape index (κ1) is 17.9. The number of aliphatic hydroxyl groups excluding tert-OH is 1. The topological polar surface area (TPSA) is 35.5 Å². The van der Waals surface area contributed by atoms with E-state index in [1.54, 1.807) is 0 Å². The number of nitrogens with one attached hydrogen (secondary N) is 1. The van der Waals surface area contributed by atoms with Gasteiger partial charge < -0.3 is 10.4 Å². The first-order chi connectivity index (χ1) is 9.44. The van der Waals surface area contributed by atoms with Crippen molar-refractivity contribution in [2.24, 2.45) is 11.8 Å². The summed E-state index contributed by atoms with van der Waals surface area (Å²) >= 11 is 0. The molecule has 20 heavy (non-hydrogen) atoms. The Bertz CT molecular complexity index is 268. The molecule has 120 valence electrons. The van der Waals surface area contributed by atoms with Crippen molar-refractivity contribution in [3.63, 3.8) is 0 Å². The molecule has 1 aliphatic carbocycles. The van der Waals surface area contributed by atoms with Gasteiger partial charge in [0.25, 0.3) is 0 Å². The molecular formula is C17H36N2O. The van der Waals surface area contributed by atoms with Crippen LogP contribution in [0.3, 0.4) is 0 Å². The van der Waals surface area contributed by atoms with Gasteiger partial charge in [-0.05, 0) is 58.5 Å². The molecule has 1 saturated carbocycles. The summed E-state index contributed by atoms with van der Waals surface area (Å²) in [4.78, 5) is 2.34. The predicted octanol–water partition coefficient (Wildman–Crippen LogP) is 2.88. The third-order valence-electron chi connectivity index (χ3n) is 5.18. The monoisotopic (exact) mass is 284 g/mol. The highest BCUT2D eigenvalue weighted by Crippen LogP contribution is 2.33. The summed E-state index contributed by atoms with van der Waals surface area (Å²) in [5.74, 6) is 1.63. The fourth-order valence-corrected chi connectivity index (χ4v) is 3.48. The van der Waals surface area contributed by atoms with Gasteiger partial charge in [-0.15, -0.1) is 0 Å². The maximum absolute atomic E-state index is 9.54. The minimum atomic E-state index is -0.117. The van der Waals surface area contributed by atoms with E-state index >= 15 is 0 Å². The van der Waals surface area contributed by atoms with E-state index in [9.17, 15) is 5.11 Å². The third kappa shape index (κ3) is 5.01. The SMILES string of the molecule is CCCC1CCC(NCC)C(CN(C)C(C)(C)CO)C1. The summed E-state index contributed by atoms with van der Waals surface area (Å²) in [6, 6.07) is 0.657. The summed E-state index contributed by atoms with van der Waals surface area (Å²) in [6.45, 7) is 11.1. The van der Waals surface area contributed by atoms with E-state index in [4.69, 9.17) is 0 Å². The summed E-state index contributed by atoms with van der Waals surface area (Å²) in [7, 11) is 2.16. The van der Waals surface area contributed by atoms with Gasteiger partial charge in [0.1, 0.15) is 0 Å². The van der Waals surface area contributed by atoms with Gasteiger partial charge in [-0.3, -0.25) is 4.90 Å². The normalized spacial score (nSPS) is 28.1. The van der Waals surface area contributed by atoms with Crippen LogP contribution in [0.15, 0.2) is 0 Å². The van der Waals surface area contributed by atoms with Crippen LogP contribution in [0, 0.1) is 11.8 Å². The minimum Gasteiger partial charge on any atom is -0.394 e. The highest BCUT2D eigenvalue weighted by molar-refractivity contribution is 4.89. The minimum absolute atomic E-state index is 0.117. The second-order valence-electron chi connectivity index (χ2n) is 7.24. The number of likely N-dealkylation sites (N-methyl/N-ethyl adjacent to an activating group) is 1. The average Bonchev–Trinajstić information content (AvgIpc) is 2.42. The molecule has 0 aromatic carbocycles. The fraction of sp³-hybridized carbons (Fsp3) is 1.00. The van der Waals surface area contributed by atoms with Crippen molar-refractivity contribution in [2.75, 3.05) is 26.7 Å². The molecule has 0 heterocycles. The third-order valence-corrected chi connectivity index (χ3v) is 5.18. The molecule has 1 rings (SSSR count). The van der Waals surface area contributed by atoms with Crippen molar-refractivity contribution in [3.05, 3.63) is 0 Å². The van der Waals surface area contributed by atoms with Crippen LogP contribution in [0.4, 0.5) is 0 Å². The van der Waals surface area contributed by atoms with Gasteiger partial charge in [-0.25, -0.2) is 0 Å². The second kappa shape index (κ2) is 8.35. The van der Waals surface area contributed by atoms with Gasteiger partial charge in [-0.1, -0.05) is 26.7 Å². The zero-order valence-electron chi connectivity index (χ0n) is 14.3. The van der Waals surface area contributed by atoms with Crippen molar-refractivity contribution in [1.29, 1.82) is 0 Å². The Balaban J connectivity index is 2.63. The molecule has 0 amide bonds. The first-order valence-corrected chi connectivity index (χ1v) is 8.50. The van der Waals surface area contributed by atoms with Crippen molar-refractivity contribution >= 4 is 0 Å². The van der Waals surface area contributed by atoms with Crippen LogP contribution < -0.4 is 5.32 Å². The molecular weight excluding hydrogens is 248 g/mol. The van der Waals surface area contributed by atoms with Crippen LogP contribution in [0.5, 0.6) is 0 Å². The number of hydrogen-bond acceptors (Lipinski definition) is 3. The predicted molar refractivity (Wildman–Crippen MR) is 87.0 cm³/mol. The van der Waals surface area contributed by atoms with Gasteiger partial charge in [0.2, 0.25) is 0 Å². The van der Waals surface area contributed by atoms with Gasteiger partial charge in [-0.2, -0.15) is 0 Å². The molecule has 3 nitrogen and oxygen atoms in total. The van der Waals surface area contributed by atoms with Gasteiger partial charge >= 0.3 is 0 Å². The Hall–Kier alpha value is -0.120. The Labute approximate surface area is 126 Å². The highest BCUT2D eigenvalue weighted by atomic mass is 16.3. The second-order valence-corrected chi connectivity index (χ2v) is 7.24. The Morgan fingerprint density at radius 2 is 1.95 bits per heavy atom. The number of hydrogen-bond donors (Lipinski definition) is 2. The summed E-state index contributed by atoms with van der Waals surface area (Å²) in [5, 5.41) is 13.2. The van der Waals surface area contributed by atoms with Crippen molar-refractivity contribution in [3.8, 4) is 0 Å². The largest absolute Gasteiger partial charge is 0.394 e. The smallest absolute Gasteiger partial charge is 0.0609 e. The van der Waals surface area contributed by atoms with E-state index in [1.807, 2.05) is 0 Å². The molecule has 0 saturated heterocycles. The standard InChI is InChI=1S/C17H36N2O/c1-6-8-14-9-10-16(18-7-2)15(11-14)12-19(5)17(3,4)13-20/h14-16,18,20H,6-13H2,1-5H3. The quantitative estimate of drug-likeness (QED) is 0.719. The Kier molecular flexibility index (Phi) is 7.49. The molecule has 3 unspecified atom stereocenters. The van der Waals surface area contributed by atoms with Gasteiger partial charge in [0.15, 0.2) is 0 Å². The van der Waals surface area contributed by atoms with E-state index < -0.39 is 0 Å². The van der Waals surface area contributed by atoms with Crippen LogP contribution in [0.1, 0.15) is 59.8 Å². The molecule has 0 aromatic heterocycles. The Morgan fingerprint density at radius 1 is 1.25 bits per heavy atom. The van der Waals surface area contributed by atoms with Crippen molar-refractivity contribution in [2.45, 2.75) is 71.4 Å². The van der Waals surface area contributed by atoms with E-state index in [0.29, 0.717) is 6.04 Å². The number of nitrogens with zero attached hydrogens (tertiary/aromatic N) is 1. The fourth-order valence-electron chi connectivity index (χ4n) is 3.48. The lowest BCUT2D eigenvalue weighted by atomic mass is 9.75. The maximum atomic E-state index is 9.54. The molecule has 0 spiro atoms. The van der Waals surface area contributed by atoms with E-state index in [1.165, 1.54) is 32.1 Å². The van der Waals surface area contributed by atoms with E-state index in [0.717, 1.165) is 24.9 Å². The molecule has 1 fully saturated rings. The summed E-state index contributed by atoms with van der Waals surface area (Å²) in [6.07, 6.45) is 6.73. The lowest BCUT2D eigenvalue weighted by Gasteiger charge is -2.42. The molecule has 0 radical (unpaired) electrons. The van der Waals surface area contributed by atoms with Crippen LogP contribution in [-0.4, -0.2) is 48.3 Å². The molecule has 2 N–H and O–H groups in total. The lowest BCUT2D eigenvalue weighted by molar-refractivity contribution is 0.0474. The van der Waals surface area contributed by atoms with E-state index in [2.05, 4.69) is 45.0 Å². The van der Waals surface area contributed by atoms with Gasteiger partial charge in [0, 0.05) is 18.1 Å². The molecule has 0 bridgehead atoms. The maximum Gasteiger partial charge on any atom is 0.0609 e. The Morgan fingerprint density at radius 3 is 2.50 bits per heavy atom. The van der Waals surface area contributed by atoms with Crippen LogP contribution in [0.25, 0.3) is 0 Å². The van der Waals surface area contributed by atoms with Gasteiger partial charge in [0.05, 0.1) is 6.61 Å². The number of aliphatic hydroxyl groups is 1. The highest BCUT2D eigenvalue weighted by Gasteiger charge is 2.33. The average molecular weight is 284 g/mol. The summed E-state index contributed by atoms with van der Waals surface area (Å²) in [5.41, 5.74) is -0.117. The lowest BCUT2D eigenvalue weighted by Crippen LogP contribution is -2.51. The molecule has 0 aliphatic heterocycles. The van der Waals surface area contributed by atoms with Crippen LogP contribution in [-0.2, 0) is 0 Å². The number of rotatable bonds is 8.